The summed E-state index contributed by atoms with van der Waals surface area (Å²) in [6, 6.07) is 0. The van der Waals surface area contributed by atoms with Crippen LogP contribution >= 0.6 is 0 Å². The molecule has 0 amide bonds. The van der Waals surface area contributed by atoms with E-state index in [-0.39, 0.29) is 0 Å². The van der Waals surface area contributed by atoms with Gasteiger partial charge in [-0.25, -0.2) is 0 Å². The quantitative estimate of drug-likeness (QED) is 0.265. The van der Waals surface area contributed by atoms with Gasteiger partial charge in [-0.2, -0.15) is 0 Å². The summed E-state index contributed by atoms with van der Waals surface area (Å²) in [6.45, 7) is 16.3. The molecule has 0 radical (unpaired) electrons. The first-order valence-corrected chi connectivity index (χ1v) is 20.6. The monoisotopic (exact) mass is 522 g/mol. The van der Waals surface area contributed by atoms with Crippen molar-refractivity contribution in [3.05, 3.63) is 0 Å². The van der Waals surface area contributed by atoms with Gasteiger partial charge in [0.1, 0.15) is 0 Å². The second kappa shape index (κ2) is 17.0. The molecular weight excluding hydrogens is 477 g/mol. The van der Waals surface area contributed by atoms with Gasteiger partial charge in [-0.3, -0.25) is 0 Å². The van der Waals surface area contributed by atoms with E-state index in [2.05, 4.69) is 0 Å². The van der Waals surface area contributed by atoms with E-state index in [1.54, 1.807) is 35.5 Å². The minimum atomic E-state index is -2.90. The van der Waals surface area contributed by atoms with Crippen molar-refractivity contribution in [2.24, 2.45) is 0 Å². The van der Waals surface area contributed by atoms with Gasteiger partial charge in [0.25, 0.3) is 0 Å². The van der Waals surface area contributed by atoms with Crippen LogP contribution in [0.1, 0.15) is 34.6 Å². The highest BCUT2D eigenvalue weighted by atomic mass is 29.3. The molecule has 0 saturated carbocycles. The molecule has 0 fully saturated rings. The Kier molecular flexibility index (Phi) is 18.4. The largest absolute Gasteiger partial charge is 0.539 e. The van der Waals surface area contributed by atoms with E-state index in [0.29, 0.717) is 33.0 Å². The van der Waals surface area contributed by atoms with Gasteiger partial charge in [0, 0.05) is 68.6 Å². The molecule has 0 aliphatic carbocycles. The maximum Gasteiger partial charge on any atom is 0.539 e. The second-order valence-electron chi connectivity index (χ2n) is 6.19. The molecule has 0 atom stereocenters. The molecule has 0 aromatic rings. The highest BCUT2D eigenvalue weighted by molar-refractivity contribution is 7.29. The normalized spacial score (nSPS) is 13.2. The fourth-order valence-electron chi connectivity index (χ4n) is 3.00. The summed E-state index contributed by atoms with van der Waals surface area (Å²) >= 11 is 0. The summed E-state index contributed by atoms with van der Waals surface area (Å²) in [5.41, 5.74) is 0. The Bertz CT molecular complexity index is 408. The van der Waals surface area contributed by atoms with Crippen LogP contribution < -0.4 is 0 Å². The van der Waals surface area contributed by atoms with Gasteiger partial charge in [-0.05, 0) is 47.7 Å². The van der Waals surface area contributed by atoms with Crippen molar-refractivity contribution >= 4 is 32.8 Å². The van der Waals surface area contributed by atoms with Crippen LogP contribution in [0.5, 0.6) is 0 Å². The zero-order chi connectivity index (χ0) is 24.6. The van der Waals surface area contributed by atoms with Crippen molar-refractivity contribution in [1.29, 1.82) is 0 Å². The Hall–Kier alpha value is 0.468. The summed E-state index contributed by atoms with van der Waals surface area (Å²) in [6.07, 6.45) is 0. The average Bonchev–Trinajstić information content (AvgIpc) is 2.76. The summed E-state index contributed by atoms with van der Waals surface area (Å²) in [7, 11) is -3.01. The van der Waals surface area contributed by atoms with Gasteiger partial charge >= 0.3 is 32.8 Å². The predicted molar refractivity (Wildman–Crippen MR) is 128 cm³/mol. The Labute approximate surface area is 193 Å². The number of hydrogen-bond donors (Lipinski definition) is 0. The molecule has 0 heterocycles. The van der Waals surface area contributed by atoms with E-state index in [4.69, 9.17) is 44.3 Å². The lowest BCUT2D eigenvalue weighted by Gasteiger charge is -2.39. The predicted octanol–water partition coefficient (Wildman–Crippen LogP) is 2.57. The topological polar surface area (TPSA) is 92.3 Å². The molecule has 10 nitrogen and oxygen atoms in total. The van der Waals surface area contributed by atoms with Gasteiger partial charge < -0.3 is 44.3 Å². The van der Waals surface area contributed by atoms with Gasteiger partial charge in [0.2, 0.25) is 0 Å². The van der Waals surface area contributed by atoms with Crippen molar-refractivity contribution in [3.63, 3.8) is 0 Å². The summed E-state index contributed by atoms with van der Waals surface area (Å²) in [5.74, 6) is 0. The lowest BCUT2D eigenvalue weighted by molar-refractivity contribution is 0.0652. The highest BCUT2D eigenvalue weighted by Gasteiger charge is 2.65. The van der Waals surface area contributed by atoms with Crippen LogP contribution in [0, 0.1) is 0 Å². The van der Waals surface area contributed by atoms with Crippen LogP contribution in [-0.4, -0.2) is 101 Å². The van der Waals surface area contributed by atoms with E-state index in [1.807, 2.05) is 47.7 Å². The van der Waals surface area contributed by atoms with Crippen LogP contribution in [0.15, 0.2) is 0 Å². The molecule has 0 unspecified atom stereocenters. The standard InChI is InChI=1S/C11H28O5Si2.C6H18O5Si2/c1-7-12-17(6,13-8-2)18(14-9-3,15-10-4)16-11-5;1-7-12(6,8-2)13(9-3,10-4)11-5/h7-11H2,1-6H3;1-6H3. The molecule has 0 aromatic carbocycles. The smallest absolute Gasteiger partial charge is 0.395 e. The molecule has 0 aliphatic heterocycles. The van der Waals surface area contributed by atoms with Gasteiger partial charge in [0.05, 0.1) is 0 Å². The molecule has 0 spiro atoms. The lowest BCUT2D eigenvalue weighted by atomic mass is 10.9. The Balaban J connectivity index is 0. The summed E-state index contributed by atoms with van der Waals surface area (Å²) < 4.78 is 56.0. The third-order valence-electron chi connectivity index (χ3n) is 4.54. The molecule has 0 aliphatic rings. The second-order valence-corrected chi connectivity index (χ2v) is 24.8. The van der Waals surface area contributed by atoms with E-state index in [9.17, 15) is 0 Å². The van der Waals surface area contributed by atoms with E-state index < -0.39 is 32.8 Å². The molecule has 31 heavy (non-hydrogen) atoms. The summed E-state index contributed by atoms with van der Waals surface area (Å²) in [4.78, 5) is 0. The zero-order valence-corrected chi connectivity index (χ0v) is 25.6. The zero-order valence-electron chi connectivity index (χ0n) is 21.6. The van der Waals surface area contributed by atoms with Crippen LogP contribution in [0.25, 0.3) is 0 Å². The Morgan fingerprint density at radius 1 is 0.387 bits per heavy atom. The third-order valence-corrected chi connectivity index (χ3v) is 25.5. The average molecular weight is 523 g/mol. The molecule has 0 saturated heterocycles. The number of rotatable bonds is 17. The van der Waals surface area contributed by atoms with Crippen LogP contribution in [0.4, 0.5) is 0 Å². The first-order valence-electron chi connectivity index (χ1n) is 10.6. The third kappa shape index (κ3) is 8.64. The molecule has 190 valence electrons. The van der Waals surface area contributed by atoms with Gasteiger partial charge in [-0.15, -0.1) is 0 Å². The van der Waals surface area contributed by atoms with E-state index in [0.717, 1.165) is 0 Å². The highest BCUT2D eigenvalue weighted by Crippen LogP contribution is 2.26. The minimum Gasteiger partial charge on any atom is -0.395 e. The molecule has 0 rings (SSSR count). The van der Waals surface area contributed by atoms with Gasteiger partial charge in [-0.1, -0.05) is 0 Å². The Morgan fingerprint density at radius 3 is 0.839 bits per heavy atom. The lowest BCUT2D eigenvalue weighted by Crippen LogP contribution is -2.70. The van der Waals surface area contributed by atoms with Crippen LogP contribution in [-0.2, 0) is 44.3 Å². The summed E-state index contributed by atoms with van der Waals surface area (Å²) in [5, 5.41) is 0. The molecule has 0 N–H and O–H groups in total. The maximum atomic E-state index is 5.90. The van der Waals surface area contributed by atoms with Gasteiger partial charge in [0.15, 0.2) is 0 Å². The van der Waals surface area contributed by atoms with E-state index >= 15 is 0 Å². The maximum absolute atomic E-state index is 5.90. The Morgan fingerprint density at radius 2 is 0.677 bits per heavy atom. The first kappa shape index (κ1) is 33.6. The molecular formula is C17H46O10Si4. The molecule has 0 bridgehead atoms. The van der Waals surface area contributed by atoms with Crippen molar-refractivity contribution in [2.45, 2.75) is 47.7 Å². The van der Waals surface area contributed by atoms with Crippen molar-refractivity contribution in [2.75, 3.05) is 68.6 Å². The van der Waals surface area contributed by atoms with Crippen LogP contribution in [0.3, 0.4) is 0 Å². The fourth-order valence-corrected chi connectivity index (χ4v) is 19.4. The minimum absolute atomic E-state index is 0.537. The first-order chi connectivity index (χ1) is 14.6. The molecule has 0 aromatic heterocycles. The molecule has 14 heteroatoms. The van der Waals surface area contributed by atoms with Crippen molar-refractivity contribution in [3.8, 4) is 0 Å². The number of hydrogen-bond acceptors (Lipinski definition) is 10. The van der Waals surface area contributed by atoms with Crippen LogP contribution in [0.2, 0.25) is 13.1 Å². The van der Waals surface area contributed by atoms with Crippen molar-refractivity contribution in [1.82, 2.24) is 0 Å². The SMILES string of the molecule is CCO[Si](C)(OCC)[Si](OCC)(OCC)OCC.CO[Si](C)(OC)[Si](OC)(OC)OC. The fraction of sp³-hybridized carbons (Fsp3) is 1.00. The van der Waals surface area contributed by atoms with Crippen molar-refractivity contribution < 1.29 is 44.3 Å². The van der Waals surface area contributed by atoms with E-state index in [1.165, 1.54) is 0 Å².